The van der Waals surface area contributed by atoms with Crippen molar-refractivity contribution < 1.29 is 33.9 Å². The summed E-state index contributed by atoms with van der Waals surface area (Å²) in [6.07, 6.45) is 3.09. The molecular weight excluding hydrogens is 556 g/mol. The van der Waals surface area contributed by atoms with E-state index in [1.807, 2.05) is 38.1 Å². The summed E-state index contributed by atoms with van der Waals surface area (Å²) in [5, 5.41) is 20.3. The van der Waals surface area contributed by atoms with Crippen LogP contribution in [0.15, 0.2) is 30.5 Å². The van der Waals surface area contributed by atoms with Gasteiger partial charge in [0, 0.05) is 29.9 Å². The predicted molar refractivity (Wildman–Crippen MR) is 160 cm³/mol. The molecule has 13 nitrogen and oxygen atoms in total. The third-order valence-electron chi connectivity index (χ3n) is 6.84. The van der Waals surface area contributed by atoms with Gasteiger partial charge in [-0.05, 0) is 43.2 Å². The Labute approximate surface area is 251 Å². The van der Waals surface area contributed by atoms with Crippen molar-refractivity contribution >= 4 is 46.8 Å². The van der Waals surface area contributed by atoms with E-state index in [1.54, 1.807) is 26.3 Å². The van der Waals surface area contributed by atoms with E-state index in [0.29, 0.717) is 0 Å². The molecule has 0 saturated carbocycles. The molecule has 235 valence electrons. The number of benzene rings is 1. The average Bonchev–Trinajstić information content (AvgIpc) is 3.34. The van der Waals surface area contributed by atoms with E-state index >= 15 is 0 Å². The van der Waals surface area contributed by atoms with E-state index in [2.05, 4.69) is 26.3 Å². The van der Waals surface area contributed by atoms with Gasteiger partial charge in [-0.3, -0.25) is 28.8 Å². The second-order valence-corrected chi connectivity index (χ2v) is 11.4. The van der Waals surface area contributed by atoms with Gasteiger partial charge in [-0.1, -0.05) is 45.9 Å². The minimum absolute atomic E-state index is 0.0295. The number of amides is 4. The van der Waals surface area contributed by atoms with Gasteiger partial charge in [-0.15, -0.1) is 0 Å². The Bertz CT molecular complexity index is 1290. The average molecular weight is 600 g/mol. The first-order valence-electron chi connectivity index (χ1n) is 14.3. The monoisotopic (exact) mass is 599 g/mol. The maximum Gasteiger partial charge on any atom is 0.303 e. The fraction of sp³-hybridized carbons (Fsp3) is 0.533. The van der Waals surface area contributed by atoms with E-state index < -0.39 is 59.8 Å². The number of carbonyl (C=O) groups is 5. The maximum atomic E-state index is 13.6. The molecule has 1 radical (unpaired) electrons. The van der Waals surface area contributed by atoms with Gasteiger partial charge in [0.1, 0.15) is 18.1 Å². The molecule has 1 aromatic heterocycles. The Kier molecular flexibility index (Phi) is 13.3. The second kappa shape index (κ2) is 16.4. The van der Waals surface area contributed by atoms with Crippen LogP contribution in [0.2, 0.25) is 0 Å². The number of aliphatic carboxylic acids is 1. The van der Waals surface area contributed by atoms with E-state index in [0.717, 1.165) is 16.5 Å². The van der Waals surface area contributed by atoms with Crippen molar-refractivity contribution in [3.05, 3.63) is 36.0 Å². The Morgan fingerprint density at radius 1 is 0.884 bits per heavy atom. The number of hydrogen-bond acceptors (Lipinski definition) is 7. The molecule has 43 heavy (non-hydrogen) atoms. The first kappa shape index (κ1) is 34.9. The standard InChI is InChI=1S/C30H43N6O7/c1-16(2)12-23(35-30(43)26(17(3)4)36-27(40)18(5)31)29(42)34-24(28(41)33-20(15-37)10-11-25(38)39)13-19-14-32-22-9-7-6-8-21(19)22/h6-9,14,16-18,20,23-24,26,32H,10-13,31H2,1-5H3,(H,33,41)(H,34,42)(H,35,43)(H,36,40)(H,38,39)/t18-,20+,23-,24+,26+/m0/s1. The highest BCUT2D eigenvalue weighted by molar-refractivity contribution is 5.95. The summed E-state index contributed by atoms with van der Waals surface area (Å²) in [6, 6.07) is 2.17. The third-order valence-corrected chi connectivity index (χ3v) is 6.84. The number of nitrogens with one attached hydrogen (secondary N) is 5. The summed E-state index contributed by atoms with van der Waals surface area (Å²) in [7, 11) is 0. The zero-order chi connectivity index (χ0) is 32.3. The number of para-hydroxylation sites is 1. The van der Waals surface area contributed by atoms with Crippen LogP contribution in [0.4, 0.5) is 0 Å². The van der Waals surface area contributed by atoms with Gasteiger partial charge >= 0.3 is 5.97 Å². The number of carboxylic acid groups (broad SMARTS) is 1. The number of hydrogen-bond donors (Lipinski definition) is 7. The first-order chi connectivity index (χ1) is 20.2. The minimum Gasteiger partial charge on any atom is -0.481 e. The highest BCUT2D eigenvalue weighted by Crippen LogP contribution is 2.19. The highest BCUT2D eigenvalue weighted by atomic mass is 16.4. The molecule has 1 aromatic carbocycles. The predicted octanol–water partition coefficient (Wildman–Crippen LogP) is 0.673. The molecule has 4 amide bonds. The van der Waals surface area contributed by atoms with E-state index in [4.69, 9.17) is 10.8 Å². The molecule has 0 saturated heterocycles. The summed E-state index contributed by atoms with van der Waals surface area (Å²) >= 11 is 0. The Morgan fingerprint density at radius 3 is 2.09 bits per heavy atom. The van der Waals surface area contributed by atoms with Gasteiger partial charge in [0.2, 0.25) is 29.9 Å². The van der Waals surface area contributed by atoms with Crippen LogP contribution in [-0.2, 0) is 35.2 Å². The molecule has 0 aliphatic carbocycles. The number of rotatable bonds is 17. The quantitative estimate of drug-likeness (QED) is 0.137. The van der Waals surface area contributed by atoms with E-state index in [9.17, 15) is 28.8 Å². The number of nitrogens with two attached hydrogens (primary N) is 1. The van der Waals surface area contributed by atoms with Crippen LogP contribution in [0.3, 0.4) is 0 Å². The van der Waals surface area contributed by atoms with E-state index in [1.165, 1.54) is 6.92 Å². The zero-order valence-corrected chi connectivity index (χ0v) is 25.2. The number of H-pyrrole nitrogens is 1. The highest BCUT2D eigenvalue weighted by Gasteiger charge is 2.32. The lowest BCUT2D eigenvalue weighted by atomic mass is 9.98. The fourth-order valence-corrected chi connectivity index (χ4v) is 4.49. The van der Waals surface area contributed by atoms with Crippen LogP contribution in [-0.4, -0.2) is 76.2 Å². The Morgan fingerprint density at radius 2 is 1.51 bits per heavy atom. The SMILES string of the molecule is CC(C)C[C@H](NC(=O)[C@H](NC(=O)[C@H](C)N)C(C)C)C(=O)N[C@H](Cc1c[nH]c2ccccc12)C(=O)N[C@@H]([C]=O)CCC(=O)O. The maximum absolute atomic E-state index is 13.6. The summed E-state index contributed by atoms with van der Waals surface area (Å²) in [5.41, 5.74) is 7.19. The van der Waals surface area contributed by atoms with Gasteiger partial charge < -0.3 is 37.1 Å². The van der Waals surface area contributed by atoms with Gasteiger partial charge in [0.15, 0.2) is 0 Å². The molecule has 0 fully saturated rings. The van der Waals surface area contributed by atoms with Crippen molar-refractivity contribution in [2.45, 2.75) is 90.5 Å². The smallest absolute Gasteiger partial charge is 0.303 e. The van der Waals surface area contributed by atoms with Crippen LogP contribution in [0, 0.1) is 11.8 Å². The van der Waals surface area contributed by atoms with Crippen molar-refractivity contribution in [1.29, 1.82) is 0 Å². The Balaban J connectivity index is 2.33. The van der Waals surface area contributed by atoms with Crippen molar-refractivity contribution in [1.82, 2.24) is 26.3 Å². The van der Waals surface area contributed by atoms with Crippen LogP contribution in [0.1, 0.15) is 59.4 Å². The second-order valence-electron chi connectivity index (χ2n) is 11.4. The van der Waals surface area contributed by atoms with E-state index in [-0.39, 0.29) is 37.5 Å². The van der Waals surface area contributed by atoms with Crippen molar-refractivity contribution in [3.8, 4) is 0 Å². The van der Waals surface area contributed by atoms with Crippen LogP contribution < -0.4 is 27.0 Å². The Hall–Kier alpha value is -4.26. The lowest BCUT2D eigenvalue weighted by Gasteiger charge is -2.28. The van der Waals surface area contributed by atoms with Gasteiger partial charge in [-0.25, -0.2) is 0 Å². The summed E-state index contributed by atoms with van der Waals surface area (Å²) in [5.74, 6) is -3.92. The lowest BCUT2D eigenvalue weighted by molar-refractivity contribution is -0.137. The molecular formula is C30H43N6O7. The number of fused-ring (bicyclic) bond motifs is 1. The normalized spacial score (nSPS) is 14.8. The van der Waals surface area contributed by atoms with Gasteiger partial charge in [0.25, 0.3) is 0 Å². The summed E-state index contributed by atoms with van der Waals surface area (Å²) in [4.78, 5) is 78.1. The molecule has 5 atom stereocenters. The summed E-state index contributed by atoms with van der Waals surface area (Å²) in [6.45, 7) is 8.72. The number of carbonyl (C=O) groups excluding carboxylic acids is 5. The van der Waals surface area contributed by atoms with Crippen molar-refractivity contribution in [3.63, 3.8) is 0 Å². The van der Waals surface area contributed by atoms with Crippen molar-refractivity contribution in [2.75, 3.05) is 0 Å². The largest absolute Gasteiger partial charge is 0.481 e. The molecule has 0 unspecified atom stereocenters. The number of aromatic amines is 1. The molecule has 0 aliphatic heterocycles. The molecule has 13 heteroatoms. The molecule has 0 bridgehead atoms. The van der Waals surface area contributed by atoms with Gasteiger partial charge in [0.05, 0.1) is 12.1 Å². The van der Waals surface area contributed by atoms with Crippen LogP contribution in [0.5, 0.6) is 0 Å². The molecule has 1 heterocycles. The zero-order valence-electron chi connectivity index (χ0n) is 25.2. The summed E-state index contributed by atoms with van der Waals surface area (Å²) < 4.78 is 0. The van der Waals surface area contributed by atoms with Crippen molar-refractivity contribution in [2.24, 2.45) is 17.6 Å². The first-order valence-corrected chi connectivity index (χ1v) is 14.3. The lowest BCUT2D eigenvalue weighted by Crippen LogP contribution is -2.59. The fourth-order valence-electron chi connectivity index (χ4n) is 4.49. The minimum atomic E-state index is -1.20. The molecule has 2 rings (SSSR count). The van der Waals surface area contributed by atoms with Crippen LogP contribution >= 0.6 is 0 Å². The molecule has 8 N–H and O–H groups in total. The van der Waals surface area contributed by atoms with Crippen LogP contribution in [0.25, 0.3) is 10.9 Å². The molecule has 0 aliphatic rings. The number of aromatic nitrogens is 1. The third kappa shape index (κ3) is 10.8. The number of carboxylic acids is 1. The topological polar surface area (TPSA) is 213 Å². The molecule has 2 aromatic rings. The molecule has 0 spiro atoms. The van der Waals surface area contributed by atoms with Gasteiger partial charge in [-0.2, -0.15) is 0 Å².